The number of aromatic nitrogens is 3. The highest BCUT2D eigenvalue weighted by Crippen LogP contribution is 2.16. The molecule has 0 saturated carbocycles. The summed E-state index contributed by atoms with van der Waals surface area (Å²) >= 11 is 1.18. The van der Waals surface area contributed by atoms with Crippen LogP contribution in [0.1, 0.15) is 22.5 Å². The largest absolute Gasteiger partial charge is 0.352 e. The lowest BCUT2D eigenvalue weighted by atomic mass is 10.2. The molecule has 134 valence electrons. The summed E-state index contributed by atoms with van der Waals surface area (Å²) in [5.74, 6) is -0.751. The third kappa shape index (κ3) is 3.91. The van der Waals surface area contributed by atoms with Gasteiger partial charge >= 0.3 is 0 Å². The molecule has 8 nitrogen and oxygen atoms in total. The topological polar surface area (TPSA) is 105 Å². The highest BCUT2D eigenvalue weighted by Gasteiger charge is 2.11. The molecular formula is C16H14FN5O3S. The molecule has 0 bridgehead atoms. The third-order valence-electron chi connectivity index (χ3n) is 3.45. The number of halogens is 1. The Hall–Kier alpha value is -3.14. The van der Waals surface area contributed by atoms with Gasteiger partial charge in [-0.05, 0) is 31.2 Å². The van der Waals surface area contributed by atoms with Gasteiger partial charge in [0.15, 0.2) is 0 Å². The lowest BCUT2D eigenvalue weighted by Gasteiger charge is -2.06. The van der Waals surface area contributed by atoms with Crippen LogP contribution in [0.15, 0.2) is 34.4 Å². The number of thiazole rings is 1. The van der Waals surface area contributed by atoms with E-state index in [1.165, 1.54) is 47.0 Å². The van der Waals surface area contributed by atoms with Gasteiger partial charge in [-0.25, -0.2) is 4.39 Å². The van der Waals surface area contributed by atoms with Gasteiger partial charge in [0, 0.05) is 23.9 Å². The molecule has 0 saturated heterocycles. The second-order valence-corrected chi connectivity index (χ2v) is 6.22. The molecule has 1 aromatic carbocycles. The van der Waals surface area contributed by atoms with Gasteiger partial charge in [-0.1, -0.05) is 0 Å². The van der Waals surface area contributed by atoms with Crippen LogP contribution in [-0.2, 0) is 4.79 Å². The van der Waals surface area contributed by atoms with Gasteiger partial charge in [-0.2, -0.15) is 14.6 Å². The van der Waals surface area contributed by atoms with Crippen LogP contribution < -0.4 is 16.2 Å². The number of aryl methyl sites for hydroxylation is 1. The van der Waals surface area contributed by atoms with Gasteiger partial charge in [-0.3, -0.25) is 14.4 Å². The van der Waals surface area contributed by atoms with E-state index in [2.05, 4.69) is 20.7 Å². The minimum atomic E-state index is -0.427. The zero-order chi connectivity index (χ0) is 18.7. The van der Waals surface area contributed by atoms with E-state index in [-0.39, 0.29) is 24.6 Å². The van der Waals surface area contributed by atoms with Crippen molar-refractivity contribution in [1.82, 2.24) is 19.9 Å². The molecule has 26 heavy (non-hydrogen) atoms. The van der Waals surface area contributed by atoms with Crippen LogP contribution in [0.5, 0.6) is 0 Å². The number of hydrogen-bond acceptors (Lipinski definition) is 6. The van der Waals surface area contributed by atoms with E-state index in [0.29, 0.717) is 16.3 Å². The third-order valence-corrected chi connectivity index (χ3v) is 4.27. The first-order valence-corrected chi connectivity index (χ1v) is 8.51. The minimum Gasteiger partial charge on any atom is -0.352 e. The molecule has 0 unspecified atom stereocenters. The lowest BCUT2D eigenvalue weighted by Crippen LogP contribution is -2.28. The van der Waals surface area contributed by atoms with Crippen LogP contribution in [0, 0.1) is 12.7 Å². The molecule has 2 amide bonds. The van der Waals surface area contributed by atoms with Crippen molar-refractivity contribution in [2.24, 2.45) is 0 Å². The number of carbonyl (C=O) groups excluding carboxylic acids is 2. The quantitative estimate of drug-likeness (QED) is 0.700. The maximum Gasteiger partial charge on any atom is 0.295 e. The summed E-state index contributed by atoms with van der Waals surface area (Å²) in [5, 5.41) is 11.0. The van der Waals surface area contributed by atoms with Crippen molar-refractivity contribution in [1.29, 1.82) is 0 Å². The maximum atomic E-state index is 12.8. The Morgan fingerprint density at radius 1 is 1.27 bits per heavy atom. The van der Waals surface area contributed by atoms with Gasteiger partial charge in [-0.15, -0.1) is 11.3 Å². The Labute approximate surface area is 150 Å². The van der Waals surface area contributed by atoms with Crippen molar-refractivity contribution in [3.05, 3.63) is 57.1 Å². The van der Waals surface area contributed by atoms with Crippen LogP contribution in [0.4, 0.5) is 10.2 Å². The van der Waals surface area contributed by atoms with E-state index in [4.69, 9.17) is 0 Å². The van der Waals surface area contributed by atoms with Gasteiger partial charge < -0.3 is 10.6 Å². The fraction of sp³-hybridized carbons (Fsp3) is 0.188. The van der Waals surface area contributed by atoms with E-state index in [1.807, 2.05) is 0 Å². The van der Waals surface area contributed by atoms with E-state index < -0.39 is 17.3 Å². The summed E-state index contributed by atoms with van der Waals surface area (Å²) in [7, 11) is 0. The molecule has 3 rings (SSSR count). The highest BCUT2D eigenvalue weighted by molar-refractivity contribution is 7.15. The van der Waals surface area contributed by atoms with E-state index in [9.17, 15) is 18.8 Å². The molecule has 0 aliphatic rings. The number of nitrogens with one attached hydrogen (secondary N) is 2. The Morgan fingerprint density at radius 2 is 2.00 bits per heavy atom. The van der Waals surface area contributed by atoms with E-state index >= 15 is 0 Å². The first-order chi connectivity index (χ1) is 12.4. The summed E-state index contributed by atoms with van der Waals surface area (Å²) in [4.78, 5) is 39.6. The predicted molar refractivity (Wildman–Crippen MR) is 93.9 cm³/mol. The second kappa shape index (κ2) is 7.40. The molecule has 0 radical (unpaired) electrons. The Morgan fingerprint density at radius 3 is 2.73 bits per heavy atom. The number of benzene rings is 1. The fourth-order valence-corrected chi connectivity index (χ4v) is 2.87. The molecule has 0 aliphatic heterocycles. The van der Waals surface area contributed by atoms with Crippen LogP contribution >= 0.6 is 11.3 Å². The lowest BCUT2D eigenvalue weighted by molar-refractivity contribution is -0.116. The van der Waals surface area contributed by atoms with Gasteiger partial charge in [0.1, 0.15) is 17.3 Å². The van der Waals surface area contributed by atoms with Gasteiger partial charge in [0.2, 0.25) is 10.9 Å². The van der Waals surface area contributed by atoms with Crippen molar-refractivity contribution in [2.75, 3.05) is 11.9 Å². The van der Waals surface area contributed by atoms with Crippen molar-refractivity contribution in [3.63, 3.8) is 0 Å². The molecule has 2 N–H and O–H groups in total. The molecule has 10 heteroatoms. The number of rotatable bonds is 5. The van der Waals surface area contributed by atoms with Crippen molar-refractivity contribution in [2.45, 2.75) is 13.3 Å². The van der Waals surface area contributed by atoms with Crippen molar-refractivity contribution >= 4 is 33.9 Å². The molecule has 0 spiro atoms. The predicted octanol–water partition coefficient (Wildman–Crippen LogP) is 1.36. The summed E-state index contributed by atoms with van der Waals surface area (Å²) < 4.78 is 14.2. The molecule has 0 fully saturated rings. The first-order valence-electron chi connectivity index (χ1n) is 7.63. The Bertz CT molecular complexity index is 1030. The fourth-order valence-electron chi connectivity index (χ4n) is 2.12. The van der Waals surface area contributed by atoms with Crippen LogP contribution in [0.2, 0.25) is 0 Å². The zero-order valence-electron chi connectivity index (χ0n) is 13.7. The van der Waals surface area contributed by atoms with Crippen LogP contribution in [0.25, 0.3) is 4.96 Å². The molecule has 2 aromatic heterocycles. The summed E-state index contributed by atoms with van der Waals surface area (Å²) in [6.07, 6.45) is 0.0386. The van der Waals surface area contributed by atoms with Crippen LogP contribution in [0.3, 0.4) is 0 Å². The molecule has 0 atom stereocenters. The van der Waals surface area contributed by atoms with Crippen molar-refractivity contribution < 1.29 is 14.0 Å². The Balaban J connectivity index is 1.56. The first kappa shape index (κ1) is 17.7. The SMILES string of the molecule is Cc1nn2c(NC(=O)CCNC(=O)c3ccc(F)cc3)csc2nc1=O. The second-order valence-electron chi connectivity index (χ2n) is 5.38. The molecule has 0 aliphatic carbocycles. The smallest absolute Gasteiger partial charge is 0.295 e. The number of fused-ring (bicyclic) bond motifs is 1. The monoisotopic (exact) mass is 375 g/mol. The van der Waals surface area contributed by atoms with Crippen molar-refractivity contribution in [3.8, 4) is 0 Å². The minimum absolute atomic E-state index is 0.0386. The summed E-state index contributed by atoms with van der Waals surface area (Å²) in [6, 6.07) is 5.11. The van der Waals surface area contributed by atoms with Crippen LogP contribution in [-0.4, -0.2) is 33.0 Å². The Kier molecular flexibility index (Phi) is 5.03. The summed E-state index contributed by atoms with van der Waals surface area (Å²) in [6.45, 7) is 1.65. The normalized spacial score (nSPS) is 10.7. The number of amides is 2. The molecular weight excluding hydrogens is 361 g/mol. The van der Waals surface area contributed by atoms with Gasteiger partial charge in [0.25, 0.3) is 11.5 Å². The standard InChI is InChI=1S/C16H14FN5O3S/c1-9-14(24)20-16-22(21-9)12(8-26-16)19-13(23)6-7-18-15(25)10-2-4-11(17)5-3-10/h2-5,8H,6-7H2,1H3,(H,18,25)(H,19,23). The summed E-state index contributed by atoms with van der Waals surface area (Å²) in [5.41, 5.74) is 0.126. The number of hydrogen-bond donors (Lipinski definition) is 2. The van der Waals surface area contributed by atoms with E-state index in [0.717, 1.165) is 0 Å². The highest BCUT2D eigenvalue weighted by atomic mass is 32.1. The average Bonchev–Trinajstić information content (AvgIpc) is 2.97. The van der Waals surface area contributed by atoms with Gasteiger partial charge in [0.05, 0.1) is 0 Å². The van der Waals surface area contributed by atoms with E-state index in [1.54, 1.807) is 5.38 Å². The molecule has 2 heterocycles. The maximum absolute atomic E-state index is 12.8. The number of nitrogens with zero attached hydrogens (tertiary/aromatic N) is 3. The molecule has 3 aromatic rings. The number of carbonyl (C=O) groups is 2. The average molecular weight is 375 g/mol. The number of anilines is 1. The zero-order valence-corrected chi connectivity index (χ0v) is 14.5.